The van der Waals surface area contributed by atoms with Crippen molar-refractivity contribution in [3.8, 4) is 0 Å². The van der Waals surface area contributed by atoms with Gasteiger partial charge in [0.1, 0.15) is 0 Å². The van der Waals surface area contributed by atoms with Crippen molar-refractivity contribution in [3.05, 3.63) is 35.4 Å². The second-order valence-electron chi connectivity index (χ2n) is 5.00. The highest BCUT2D eigenvalue weighted by Gasteiger charge is 2.06. The van der Waals surface area contributed by atoms with Gasteiger partial charge in [0.05, 0.1) is 0 Å². The summed E-state index contributed by atoms with van der Waals surface area (Å²) in [7, 11) is 0. The average Bonchev–Trinajstić information content (AvgIpc) is 2.38. The third kappa shape index (κ3) is 5.01. The van der Waals surface area contributed by atoms with E-state index in [1.54, 1.807) is 0 Å². The van der Waals surface area contributed by atoms with E-state index in [9.17, 15) is 4.79 Å². The molecule has 0 aliphatic rings. The Kier molecular flexibility index (Phi) is 6.66. The lowest BCUT2D eigenvalue weighted by molar-refractivity contribution is 0.0979. The fourth-order valence-corrected chi connectivity index (χ4v) is 2.01. The summed E-state index contributed by atoms with van der Waals surface area (Å²) in [6, 6.07) is 7.73. The second kappa shape index (κ2) is 8.04. The van der Waals surface area contributed by atoms with E-state index in [0.29, 0.717) is 6.42 Å². The van der Waals surface area contributed by atoms with Crippen molar-refractivity contribution in [2.45, 2.75) is 58.4 Å². The summed E-state index contributed by atoms with van der Waals surface area (Å²) in [5, 5.41) is 0. The third-order valence-electron chi connectivity index (χ3n) is 3.27. The van der Waals surface area contributed by atoms with Crippen LogP contribution in [-0.2, 0) is 0 Å². The van der Waals surface area contributed by atoms with Crippen LogP contribution in [0.3, 0.4) is 0 Å². The van der Waals surface area contributed by atoms with Gasteiger partial charge in [-0.2, -0.15) is 0 Å². The highest BCUT2D eigenvalue weighted by Crippen LogP contribution is 2.14. The zero-order valence-electron chi connectivity index (χ0n) is 11.6. The van der Waals surface area contributed by atoms with Crippen LogP contribution in [-0.4, -0.2) is 5.78 Å². The molecule has 0 spiro atoms. The number of carbonyl (C=O) groups excluding carboxylic acids is 1. The van der Waals surface area contributed by atoms with Crippen molar-refractivity contribution >= 4 is 5.78 Å². The fraction of sp³-hybridized carbons (Fsp3) is 0.562. The molecule has 2 nitrogen and oxygen atoms in total. The lowest BCUT2D eigenvalue weighted by Gasteiger charge is -2.06. The molecule has 2 heteroatoms. The first-order valence-electron chi connectivity index (χ1n) is 7.04. The first kappa shape index (κ1) is 14.9. The first-order chi connectivity index (χ1) is 8.65. The molecule has 1 unspecified atom stereocenters. The lowest BCUT2D eigenvalue weighted by Crippen LogP contribution is -2.05. The molecule has 0 saturated heterocycles. The molecular weight excluding hydrogens is 222 g/mol. The molecule has 0 aromatic heterocycles. The second-order valence-corrected chi connectivity index (χ2v) is 5.00. The Morgan fingerprint density at radius 3 is 2.28 bits per heavy atom. The van der Waals surface area contributed by atoms with Gasteiger partial charge in [-0.25, -0.2) is 0 Å². The van der Waals surface area contributed by atoms with Crippen molar-refractivity contribution in [2.75, 3.05) is 0 Å². The van der Waals surface area contributed by atoms with Crippen LogP contribution in [0, 0.1) is 0 Å². The van der Waals surface area contributed by atoms with Crippen LogP contribution in [0.5, 0.6) is 0 Å². The molecular formula is C16H25NO. The van der Waals surface area contributed by atoms with Crippen molar-refractivity contribution in [1.82, 2.24) is 0 Å². The molecule has 1 aromatic carbocycles. The van der Waals surface area contributed by atoms with Gasteiger partial charge in [0.15, 0.2) is 5.78 Å². The first-order valence-corrected chi connectivity index (χ1v) is 7.04. The van der Waals surface area contributed by atoms with Gasteiger partial charge in [0.25, 0.3) is 0 Å². The lowest BCUT2D eigenvalue weighted by atomic mass is 10.0. The topological polar surface area (TPSA) is 43.1 Å². The number of benzene rings is 1. The molecule has 1 atom stereocenters. The molecule has 0 bridgehead atoms. The van der Waals surface area contributed by atoms with E-state index >= 15 is 0 Å². The Morgan fingerprint density at radius 1 is 1.11 bits per heavy atom. The number of hydrogen-bond acceptors (Lipinski definition) is 2. The van der Waals surface area contributed by atoms with Crippen LogP contribution < -0.4 is 5.73 Å². The molecule has 1 rings (SSSR count). The summed E-state index contributed by atoms with van der Waals surface area (Å²) in [6.07, 6.45) is 6.60. The van der Waals surface area contributed by atoms with Gasteiger partial charge in [-0.05, 0) is 18.9 Å². The Hall–Kier alpha value is -1.15. The molecule has 0 heterocycles. The van der Waals surface area contributed by atoms with Crippen LogP contribution in [0.15, 0.2) is 24.3 Å². The summed E-state index contributed by atoms with van der Waals surface area (Å²) in [4.78, 5) is 11.9. The quantitative estimate of drug-likeness (QED) is 0.551. The normalized spacial score (nSPS) is 12.4. The van der Waals surface area contributed by atoms with E-state index in [-0.39, 0.29) is 11.8 Å². The Balaban J connectivity index is 2.37. The Labute approximate surface area is 111 Å². The molecule has 1 aromatic rings. The number of carbonyl (C=O) groups is 1. The van der Waals surface area contributed by atoms with Gasteiger partial charge >= 0.3 is 0 Å². The summed E-state index contributed by atoms with van der Waals surface area (Å²) in [5.74, 6) is 0.253. The van der Waals surface area contributed by atoms with Gasteiger partial charge in [-0.3, -0.25) is 4.79 Å². The highest BCUT2D eigenvalue weighted by atomic mass is 16.1. The number of ketones is 1. The molecule has 0 saturated carbocycles. The molecule has 0 aliphatic heterocycles. The molecule has 0 radical (unpaired) electrons. The van der Waals surface area contributed by atoms with Gasteiger partial charge < -0.3 is 5.73 Å². The van der Waals surface area contributed by atoms with Crippen LogP contribution >= 0.6 is 0 Å². The maximum atomic E-state index is 11.9. The zero-order valence-corrected chi connectivity index (χ0v) is 11.6. The van der Waals surface area contributed by atoms with Gasteiger partial charge in [0, 0.05) is 18.0 Å². The molecule has 0 fully saturated rings. The minimum Gasteiger partial charge on any atom is -0.324 e. The third-order valence-corrected chi connectivity index (χ3v) is 3.27. The molecule has 18 heavy (non-hydrogen) atoms. The minimum atomic E-state index is 0.0307. The van der Waals surface area contributed by atoms with E-state index in [4.69, 9.17) is 5.73 Å². The average molecular weight is 247 g/mol. The number of Topliss-reactive ketones (excluding diaryl/α,β-unsaturated/α-hetero) is 1. The number of unbranched alkanes of at least 4 members (excludes halogenated alkanes) is 4. The predicted octanol–water partition coefficient (Wildman–Crippen LogP) is 4.25. The van der Waals surface area contributed by atoms with E-state index in [1.165, 1.54) is 19.3 Å². The number of hydrogen-bond donors (Lipinski definition) is 1. The largest absolute Gasteiger partial charge is 0.324 e. The summed E-state index contributed by atoms with van der Waals surface area (Å²) in [6.45, 7) is 4.15. The van der Waals surface area contributed by atoms with E-state index in [0.717, 1.165) is 24.0 Å². The predicted molar refractivity (Wildman–Crippen MR) is 76.8 cm³/mol. The van der Waals surface area contributed by atoms with Gasteiger partial charge in [-0.15, -0.1) is 0 Å². The fourth-order valence-electron chi connectivity index (χ4n) is 2.01. The Bertz CT molecular complexity index is 354. The van der Waals surface area contributed by atoms with Crippen molar-refractivity contribution in [2.24, 2.45) is 5.73 Å². The minimum absolute atomic E-state index is 0.0307. The summed E-state index contributed by atoms with van der Waals surface area (Å²) in [5.41, 5.74) is 7.67. The van der Waals surface area contributed by atoms with E-state index < -0.39 is 0 Å². The van der Waals surface area contributed by atoms with Gasteiger partial charge in [-0.1, -0.05) is 56.9 Å². The van der Waals surface area contributed by atoms with Crippen LogP contribution in [0.25, 0.3) is 0 Å². The van der Waals surface area contributed by atoms with Crippen molar-refractivity contribution < 1.29 is 4.79 Å². The maximum absolute atomic E-state index is 11.9. The van der Waals surface area contributed by atoms with E-state index in [1.807, 2.05) is 31.2 Å². The number of nitrogens with two attached hydrogens (primary N) is 1. The smallest absolute Gasteiger partial charge is 0.162 e. The zero-order chi connectivity index (χ0) is 13.4. The number of rotatable bonds is 8. The SMILES string of the molecule is CCCCCCCC(=O)c1ccc(C(C)N)cc1. The maximum Gasteiger partial charge on any atom is 0.162 e. The van der Waals surface area contributed by atoms with Crippen molar-refractivity contribution in [3.63, 3.8) is 0 Å². The van der Waals surface area contributed by atoms with Crippen LogP contribution in [0.2, 0.25) is 0 Å². The highest BCUT2D eigenvalue weighted by molar-refractivity contribution is 5.96. The monoisotopic (exact) mass is 247 g/mol. The molecule has 0 amide bonds. The molecule has 0 aliphatic carbocycles. The molecule has 2 N–H and O–H groups in total. The Morgan fingerprint density at radius 2 is 1.72 bits per heavy atom. The standard InChI is InChI=1S/C16H25NO/c1-3-4-5-6-7-8-16(18)15-11-9-14(10-12-15)13(2)17/h9-13H,3-8,17H2,1-2H3. The molecule has 100 valence electrons. The van der Waals surface area contributed by atoms with Gasteiger partial charge in [0.2, 0.25) is 0 Å². The summed E-state index contributed by atoms with van der Waals surface area (Å²) < 4.78 is 0. The van der Waals surface area contributed by atoms with Crippen LogP contribution in [0.4, 0.5) is 0 Å². The van der Waals surface area contributed by atoms with E-state index in [2.05, 4.69) is 6.92 Å². The van der Waals surface area contributed by atoms with Crippen molar-refractivity contribution in [1.29, 1.82) is 0 Å². The summed E-state index contributed by atoms with van der Waals surface area (Å²) >= 11 is 0. The van der Waals surface area contributed by atoms with Crippen LogP contribution in [0.1, 0.15) is 74.3 Å².